The molecule has 0 spiro atoms. The molecule has 0 saturated carbocycles. The number of ether oxygens (including phenoxy) is 1. The summed E-state index contributed by atoms with van der Waals surface area (Å²) in [5.41, 5.74) is 7.62. The molecular formula is C19H27N3O5. The van der Waals surface area contributed by atoms with Gasteiger partial charge < -0.3 is 20.7 Å². The molecule has 27 heavy (non-hydrogen) atoms. The van der Waals surface area contributed by atoms with E-state index in [9.17, 15) is 9.59 Å². The van der Waals surface area contributed by atoms with Crippen LogP contribution >= 0.6 is 0 Å². The Morgan fingerprint density at radius 1 is 1.19 bits per heavy atom. The summed E-state index contributed by atoms with van der Waals surface area (Å²) in [5.74, 6) is -1.01. The van der Waals surface area contributed by atoms with Crippen LogP contribution in [0.2, 0.25) is 0 Å². The van der Waals surface area contributed by atoms with E-state index in [-0.39, 0.29) is 0 Å². The molecule has 0 aliphatic rings. The third-order valence-electron chi connectivity index (χ3n) is 3.71. The third-order valence-corrected chi connectivity index (χ3v) is 3.71. The fourth-order valence-electron chi connectivity index (χ4n) is 2.32. The van der Waals surface area contributed by atoms with E-state index < -0.39 is 11.9 Å². The molecule has 148 valence electrons. The number of anilines is 1. The summed E-state index contributed by atoms with van der Waals surface area (Å²) in [7, 11) is 0. The molecule has 4 N–H and O–H groups in total. The highest BCUT2D eigenvalue weighted by Crippen LogP contribution is 2.23. The predicted molar refractivity (Wildman–Crippen MR) is 103 cm³/mol. The van der Waals surface area contributed by atoms with Gasteiger partial charge >= 0.3 is 11.9 Å². The van der Waals surface area contributed by atoms with Crippen LogP contribution < -0.4 is 10.5 Å². The van der Waals surface area contributed by atoms with Gasteiger partial charge in [-0.3, -0.25) is 4.40 Å². The first kappa shape index (κ1) is 22.0. The summed E-state index contributed by atoms with van der Waals surface area (Å²) in [6.45, 7) is 4.88. The van der Waals surface area contributed by atoms with Gasteiger partial charge in [-0.25, -0.2) is 14.6 Å². The quantitative estimate of drug-likeness (QED) is 0.452. The first-order valence-electron chi connectivity index (χ1n) is 8.86. The number of aromatic nitrogens is 2. The van der Waals surface area contributed by atoms with Crippen molar-refractivity contribution in [2.75, 3.05) is 12.3 Å². The molecule has 2 aromatic rings. The first-order chi connectivity index (χ1) is 12.9. The minimum absolute atomic E-state index is 0.558. The number of fused-ring (bicyclic) bond motifs is 1. The number of aryl methyl sites for hydroxylation is 1. The first-order valence-corrected chi connectivity index (χ1v) is 8.86. The number of carboxylic acids is 2. The number of carboxylic acid groups (broad SMARTS) is 2. The van der Waals surface area contributed by atoms with Crippen molar-refractivity contribution >= 4 is 23.4 Å². The van der Waals surface area contributed by atoms with E-state index in [2.05, 4.69) is 11.9 Å². The van der Waals surface area contributed by atoms with Crippen molar-refractivity contribution in [2.24, 2.45) is 0 Å². The number of carbonyl (C=O) groups is 2. The lowest BCUT2D eigenvalue weighted by Crippen LogP contribution is -2.00. The van der Waals surface area contributed by atoms with Crippen LogP contribution in [0, 0.1) is 6.92 Å². The molecule has 0 saturated heterocycles. The van der Waals surface area contributed by atoms with Crippen molar-refractivity contribution in [3.8, 4) is 5.75 Å². The Labute approximate surface area is 158 Å². The van der Waals surface area contributed by atoms with E-state index in [4.69, 9.17) is 20.7 Å². The maximum Gasteiger partial charge on any atom is 0.328 e. The summed E-state index contributed by atoms with van der Waals surface area (Å²) in [4.78, 5) is 23.6. The second kappa shape index (κ2) is 11.6. The summed E-state index contributed by atoms with van der Waals surface area (Å²) in [5, 5.41) is 15.6. The van der Waals surface area contributed by atoms with Gasteiger partial charge in [0.25, 0.3) is 0 Å². The molecule has 0 aliphatic carbocycles. The maximum atomic E-state index is 9.55. The van der Waals surface area contributed by atoms with Crippen molar-refractivity contribution in [2.45, 2.75) is 46.0 Å². The highest BCUT2D eigenvalue weighted by molar-refractivity contribution is 5.89. The van der Waals surface area contributed by atoms with E-state index in [1.54, 1.807) is 0 Å². The van der Waals surface area contributed by atoms with E-state index in [0.717, 1.165) is 30.1 Å². The van der Waals surface area contributed by atoms with Gasteiger partial charge in [0.15, 0.2) is 11.4 Å². The number of aliphatic carboxylic acids is 2. The van der Waals surface area contributed by atoms with Gasteiger partial charge in [-0.15, -0.1) is 0 Å². The number of nitrogens with two attached hydrogens (primary N) is 1. The van der Waals surface area contributed by atoms with Crippen LogP contribution in [0.4, 0.5) is 5.82 Å². The lowest BCUT2D eigenvalue weighted by Gasteiger charge is -2.07. The molecule has 8 nitrogen and oxygen atoms in total. The summed E-state index contributed by atoms with van der Waals surface area (Å²) >= 11 is 0. The zero-order chi connectivity index (χ0) is 20.2. The third kappa shape index (κ3) is 7.81. The van der Waals surface area contributed by atoms with Crippen LogP contribution in [0.25, 0.3) is 5.65 Å². The standard InChI is InChI=1S/C15H23N3O.C4H4O4/c1-3-4-5-6-7-11-19-13-9-8-10-18-14(16)12(2)17-15(13)18;5-3(6)1-2-4(7)8/h8-10H,3-7,11,16H2,1-2H3;1-2H,(H,5,6)(H,7,8). The highest BCUT2D eigenvalue weighted by atomic mass is 16.5. The zero-order valence-corrected chi connectivity index (χ0v) is 15.7. The largest absolute Gasteiger partial charge is 0.490 e. The Balaban J connectivity index is 0.000000387. The number of imidazole rings is 1. The van der Waals surface area contributed by atoms with Gasteiger partial charge in [0.2, 0.25) is 0 Å². The monoisotopic (exact) mass is 377 g/mol. The van der Waals surface area contributed by atoms with E-state index in [1.807, 2.05) is 29.7 Å². The van der Waals surface area contributed by atoms with E-state index >= 15 is 0 Å². The normalized spacial score (nSPS) is 10.6. The fourth-order valence-corrected chi connectivity index (χ4v) is 2.32. The topological polar surface area (TPSA) is 127 Å². The molecule has 2 heterocycles. The average molecular weight is 377 g/mol. The minimum Gasteiger partial charge on any atom is -0.490 e. The molecule has 2 rings (SSSR count). The predicted octanol–water partition coefficient (Wildman–Crippen LogP) is 3.29. The molecule has 0 fully saturated rings. The van der Waals surface area contributed by atoms with Gasteiger partial charge in [0.1, 0.15) is 5.82 Å². The van der Waals surface area contributed by atoms with Gasteiger partial charge in [-0.2, -0.15) is 0 Å². The van der Waals surface area contributed by atoms with Crippen molar-refractivity contribution in [1.82, 2.24) is 9.38 Å². The zero-order valence-electron chi connectivity index (χ0n) is 15.7. The molecule has 0 amide bonds. The maximum absolute atomic E-state index is 9.55. The number of pyridine rings is 1. The molecule has 0 aromatic carbocycles. The molecule has 0 aliphatic heterocycles. The number of rotatable bonds is 9. The second-order valence-corrected chi connectivity index (χ2v) is 5.92. The van der Waals surface area contributed by atoms with Crippen LogP contribution in [0.1, 0.15) is 44.7 Å². The van der Waals surface area contributed by atoms with E-state index in [1.165, 1.54) is 25.7 Å². The van der Waals surface area contributed by atoms with Crippen LogP contribution in [-0.2, 0) is 9.59 Å². The molecule has 0 bridgehead atoms. The second-order valence-electron chi connectivity index (χ2n) is 5.92. The number of unbranched alkanes of at least 4 members (excludes halogenated alkanes) is 4. The molecule has 0 atom stereocenters. The van der Waals surface area contributed by atoms with Crippen molar-refractivity contribution in [3.63, 3.8) is 0 Å². The highest BCUT2D eigenvalue weighted by Gasteiger charge is 2.09. The molecule has 2 aromatic heterocycles. The Morgan fingerprint density at radius 2 is 1.81 bits per heavy atom. The van der Waals surface area contributed by atoms with Crippen LogP contribution in [-0.4, -0.2) is 38.1 Å². The van der Waals surface area contributed by atoms with Gasteiger partial charge in [-0.1, -0.05) is 32.6 Å². The summed E-state index contributed by atoms with van der Waals surface area (Å²) < 4.78 is 7.71. The minimum atomic E-state index is -1.26. The molecule has 0 unspecified atom stereocenters. The molecule has 0 radical (unpaired) electrons. The SMILES string of the molecule is CCCCCCCOc1cccn2c(N)c(C)nc12.O=C(O)C=CC(=O)O. The number of hydrogen-bond acceptors (Lipinski definition) is 5. The summed E-state index contributed by atoms with van der Waals surface area (Å²) in [6.07, 6.45) is 9.23. The van der Waals surface area contributed by atoms with Crippen molar-refractivity contribution < 1.29 is 24.5 Å². The number of nitrogens with zero attached hydrogens (tertiary/aromatic N) is 2. The van der Waals surface area contributed by atoms with Crippen molar-refractivity contribution in [1.29, 1.82) is 0 Å². The van der Waals surface area contributed by atoms with Gasteiger partial charge in [-0.05, 0) is 25.5 Å². The van der Waals surface area contributed by atoms with Crippen LogP contribution in [0.15, 0.2) is 30.5 Å². The van der Waals surface area contributed by atoms with Gasteiger partial charge in [0, 0.05) is 18.3 Å². The number of hydrogen-bond donors (Lipinski definition) is 3. The summed E-state index contributed by atoms with van der Waals surface area (Å²) in [6, 6.07) is 3.89. The van der Waals surface area contributed by atoms with Crippen LogP contribution in [0.3, 0.4) is 0 Å². The Hall–Kier alpha value is -3.03. The Bertz CT molecular complexity index is 767. The van der Waals surface area contributed by atoms with Crippen LogP contribution in [0.5, 0.6) is 5.75 Å². The Morgan fingerprint density at radius 3 is 2.41 bits per heavy atom. The van der Waals surface area contributed by atoms with Gasteiger partial charge in [0.05, 0.1) is 12.3 Å². The number of nitrogen functional groups attached to an aromatic ring is 1. The van der Waals surface area contributed by atoms with E-state index in [0.29, 0.717) is 18.0 Å². The fraction of sp³-hybridized carbons (Fsp3) is 0.421. The average Bonchev–Trinajstić information content (AvgIpc) is 2.92. The molecule has 8 heteroatoms. The van der Waals surface area contributed by atoms with Crippen molar-refractivity contribution in [3.05, 3.63) is 36.2 Å². The lowest BCUT2D eigenvalue weighted by atomic mass is 10.2. The lowest BCUT2D eigenvalue weighted by molar-refractivity contribution is -0.134. The smallest absolute Gasteiger partial charge is 0.328 e. The molecular weight excluding hydrogens is 350 g/mol. The Kier molecular flexibility index (Phi) is 9.42.